The molecule has 0 spiro atoms. The molecule has 0 aliphatic carbocycles. The molecule has 0 radical (unpaired) electrons. The minimum atomic E-state index is 1.01. The van der Waals surface area contributed by atoms with E-state index < -0.39 is 0 Å². The number of fused-ring (bicyclic) bond motifs is 3. The number of hydrogen-bond acceptors (Lipinski definition) is 1. The van der Waals surface area contributed by atoms with Crippen LogP contribution in [0.3, 0.4) is 0 Å². The van der Waals surface area contributed by atoms with Crippen molar-refractivity contribution in [1.29, 1.82) is 0 Å². The Hall–Kier alpha value is -2.61. The van der Waals surface area contributed by atoms with Crippen molar-refractivity contribution >= 4 is 16.4 Å². The fourth-order valence-corrected chi connectivity index (χ4v) is 2.76. The summed E-state index contributed by atoms with van der Waals surface area (Å²) in [5, 5.41) is 1.23. The SMILES string of the molecule is Cc1ccccc1-c1ncc2ccc3ccccc3n12. The summed E-state index contributed by atoms with van der Waals surface area (Å²) in [6.07, 6.45) is 1.94. The van der Waals surface area contributed by atoms with Crippen molar-refractivity contribution in [2.45, 2.75) is 6.92 Å². The molecular weight excluding hydrogens is 244 g/mol. The average molecular weight is 258 g/mol. The Morgan fingerprint density at radius 2 is 1.65 bits per heavy atom. The van der Waals surface area contributed by atoms with E-state index >= 15 is 0 Å². The van der Waals surface area contributed by atoms with Crippen molar-refractivity contribution in [3.63, 3.8) is 0 Å². The number of rotatable bonds is 1. The summed E-state index contributed by atoms with van der Waals surface area (Å²) in [6.45, 7) is 2.13. The first kappa shape index (κ1) is 11.2. The van der Waals surface area contributed by atoms with Crippen molar-refractivity contribution in [3.8, 4) is 11.4 Å². The van der Waals surface area contributed by atoms with Gasteiger partial charge in [0.05, 0.1) is 17.2 Å². The lowest BCUT2D eigenvalue weighted by atomic mass is 10.1. The van der Waals surface area contributed by atoms with Crippen LogP contribution in [0.4, 0.5) is 0 Å². The molecule has 0 saturated carbocycles. The first-order chi connectivity index (χ1) is 9.84. The molecule has 4 aromatic rings. The lowest BCUT2D eigenvalue weighted by Crippen LogP contribution is -1.93. The molecule has 0 unspecified atom stereocenters. The molecule has 2 aromatic carbocycles. The molecule has 2 heteroatoms. The van der Waals surface area contributed by atoms with Crippen LogP contribution in [-0.2, 0) is 0 Å². The maximum atomic E-state index is 4.64. The molecule has 2 nitrogen and oxygen atoms in total. The van der Waals surface area contributed by atoms with Crippen molar-refractivity contribution in [2.24, 2.45) is 0 Å². The molecule has 0 aliphatic heterocycles. The van der Waals surface area contributed by atoms with Gasteiger partial charge in [-0.05, 0) is 30.0 Å². The van der Waals surface area contributed by atoms with Gasteiger partial charge in [0.2, 0.25) is 0 Å². The van der Waals surface area contributed by atoms with E-state index in [0.29, 0.717) is 0 Å². The number of aryl methyl sites for hydroxylation is 1. The van der Waals surface area contributed by atoms with Gasteiger partial charge in [-0.1, -0.05) is 48.5 Å². The zero-order valence-electron chi connectivity index (χ0n) is 11.2. The van der Waals surface area contributed by atoms with Gasteiger partial charge in [0.15, 0.2) is 0 Å². The molecule has 0 amide bonds. The zero-order chi connectivity index (χ0) is 13.5. The summed E-state index contributed by atoms with van der Waals surface area (Å²) in [7, 11) is 0. The third-order valence-electron chi connectivity index (χ3n) is 3.79. The van der Waals surface area contributed by atoms with Crippen molar-refractivity contribution in [1.82, 2.24) is 9.38 Å². The Balaban J connectivity index is 2.16. The summed E-state index contributed by atoms with van der Waals surface area (Å²) in [5.41, 5.74) is 4.75. The van der Waals surface area contributed by atoms with E-state index in [9.17, 15) is 0 Å². The largest absolute Gasteiger partial charge is 0.292 e. The van der Waals surface area contributed by atoms with Gasteiger partial charge in [0, 0.05) is 5.56 Å². The second kappa shape index (κ2) is 4.20. The predicted octanol–water partition coefficient (Wildman–Crippen LogP) is 4.46. The number of imidazole rings is 1. The van der Waals surface area contributed by atoms with E-state index in [1.54, 1.807) is 0 Å². The highest BCUT2D eigenvalue weighted by atomic mass is 15.0. The summed E-state index contributed by atoms with van der Waals surface area (Å²) < 4.78 is 2.23. The highest BCUT2D eigenvalue weighted by molar-refractivity contribution is 5.85. The van der Waals surface area contributed by atoms with Crippen LogP contribution in [0, 0.1) is 6.92 Å². The first-order valence-electron chi connectivity index (χ1n) is 6.76. The molecule has 96 valence electrons. The molecule has 2 aromatic heterocycles. The van der Waals surface area contributed by atoms with Crippen LogP contribution in [0.5, 0.6) is 0 Å². The Kier molecular flexibility index (Phi) is 2.36. The van der Waals surface area contributed by atoms with E-state index in [4.69, 9.17) is 0 Å². The van der Waals surface area contributed by atoms with Gasteiger partial charge < -0.3 is 0 Å². The molecule has 0 atom stereocenters. The van der Waals surface area contributed by atoms with Crippen LogP contribution in [0.25, 0.3) is 27.8 Å². The number of nitrogens with zero attached hydrogens (tertiary/aromatic N) is 2. The highest BCUT2D eigenvalue weighted by Crippen LogP contribution is 2.26. The number of para-hydroxylation sites is 1. The van der Waals surface area contributed by atoms with Crippen LogP contribution >= 0.6 is 0 Å². The van der Waals surface area contributed by atoms with E-state index in [0.717, 1.165) is 11.3 Å². The molecule has 2 heterocycles. The fraction of sp³-hybridized carbons (Fsp3) is 0.0556. The van der Waals surface area contributed by atoms with Crippen molar-refractivity contribution in [3.05, 3.63) is 72.4 Å². The predicted molar refractivity (Wildman–Crippen MR) is 82.9 cm³/mol. The number of aromatic nitrogens is 2. The second-order valence-electron chi connectivity index (χ2n) is 5.05. The Morgan fingerprint density at radius 3 is 2.55 bits per heavy atom. The maximum Gasteiger partial charge on any atom is 0.145 e. The molecule has 0 N–H and O–H groups in total. The average Bonchev–Trinajstić information content (AvgIpc) is 2.92. The van der Waals surface area contributed by atoms with Crippen LogP contribution in [-0.4, -0.2) is 9.38 Å². The highest BCUT2D eigenvalue weighted by Gasteiger charge is 2.10. The van der Waals surface area contributed by atoms with Gasteiger partial charge in [-0.2, -0.15) is 0 Å². The number of pyridine rings is 1. The number of hydrogen-bond donors (Lipinski definition) is 0. The Labute approximate surface area is 117 Å². The third kappa shape index (κ3) is 1.55. The minimum absolute atomic E-state index is 1.01. The summed E-state index contributed by atoms with van der Waals surface area (Å²) in [4.78, 5) is 4.64. The van der Waals surface area contributed by atoms with Crippen LogP contribution in [0.1, 0.15) is 5.56 Å². The van der Waals surface area contributed by atoms with Gasteiger partial charge in [0.1, 0.15) is 5.82 Å². The monoisotopic (exact) mass is 258 g/mol. The van der Waals surface area contributed by atoms with Gasteiger partial charge >= 0.3 is 0 Å². The van der Waals surface area contributed by atoms with E-state index in [1.165, 1.54) is 22.0 Å². The Bertz CT molecular complexity index is 919. The van der Waals surface area contributed by atoms with Crippen molar-refractivity contribution in [2.75, 3.05) is 0 Å². The van der Waals surface area contributed by atoms with E-state index in [1.807, 2.05) is 6.20 Å². The molecular formula is C18H14N2. The molecule has 20 heavy (non-hydrogen) atoms. The lowest BCUT2D eigenvalue weighted by Gasteiger charge is -2.08. The molecule has 0 saturated heterocycles. The van der Waals surface area contributed by atoms with Gasteiger partial charge in [-0.15, -0.1) is 0 Å². The number of benzene rings is 2. The zero-order valence-corrected chi connectivity index (χ0v) is 11.2. The van der Waals surface area contributed by atoms with Gasteiger partial charge in [-0.25, -0.2) is 4.98 Å². The van der Waals surface area contributed by atoms with Crippen LogP contribution in [0.15, 0.2) is 66.9 Å². The molecule has 0 bridgehead atoms. The Morgan fingerprint density at radius 1 is 0.850 bits per heavy atom. The second-order valence-corrected chi connectivity index (χ2v) is 5.05. The van der Waals surface area contributed by atoms with Crippen LogP contribution in [0.2, 0.25) is 0 Å². The molecule has 0 fully saturated rings. The van der Waals surface area contributed by atoms with Crippen LogP contribution < -0.4 is 0 Å². The normalized spacial score (nSPS) is 11.2. The summed E-state index contributed by atoms with van der Waals surface area (Å²) >= 11 is 0. The van der Waals surface area contributed by atoms with Gasteiger partial charge in [0.25, 0.3) is 0 Å². The molecule has 4 rings (SSSR count). The maximum absolute atomic E-state index is 4.64. The van der Waals surface area contributed by atoms with E-state index in [-0.39, 0.29) is 0 Å². The molecule has 0 aliphatic rings. The van der Waals surface area contributed by atoms with Crippen molar-refractivity contribution < 1.29 is 0 Å². The van der Waals surface area contributed by atoms with E-state index in [2.05, 4.69) is 77.0 Å². The lowest BCUT2D eigenvalue weighted by molar-refractivity contribution is 1.20. The summed E-state index contributed by atoms with van der Waals surface area (Å²) in [6, 6.07) is 21.1. The first-order valence-corrected chi connectivity index (χ1v) is 6.76. The summed E-state index contributed by atoms with van der Waals surface area (Å²) in [5.74, 6) is 1.01. The standard InChI is InChI=1S/C18H14N2/c1-13-6-2-4-8-16(13)18-19-12-15-11-10-14-7-3-5-9-17(14)20(15)18/h2-12H,1H3. The smallest absolute Gasteiger partial charge is 0.145 e. The van der Waals surface area contributed by atoms with Gasteiger partial charge in [-0.3, -0.25) is 4.40 Å². The fourth-order valence-electron chi connectivity index (χ4n) is 2.76. The third-order valence-corrected chi connectivity index (χ3v) is 3.79. The quantitative estimate of drug-likeness (QED) is 0.492. The topological polar surface area (TPSA) is 17.3 Å². The minimum Gasteiger partial charge on any atom is -0.292 e.